The number of aromatic hydroxyl groups is 4. The lowest BCUT2D eigenvalue weighted by molar-refractivity contribution is 0.410. The fourth-order valence-corrected chi connectivity index (χ4v) is 2.50. The summed E-state index contributed by atoms with van der Waals surface area (Å²) in [6.07, 6.45) is 0.629. The van der Waals surface area contributed by atoms with Crippen molar-refractivity contribution in [2.45, 2.75) is 25.7 Å². The van der Waals surface area contributed by atoms with E-state index >= 15 is 0 Å². The summed E-state index contributed by atoms with van der Waals surface area (Å²) in [5.74, 6) is -0.0806. The molecule has 106 valence electrons. The highest BCUT2D eigenvalue weighted by molar-refractivity contribution is 5.53. The first-order valence-corrected chi connectivity index (χ1v) is 6.43. The molecule has 0 aromatic heterocycles. The molecule has 0 unspecified atom stereocenters. The molecule has 4 N–H and O–H groups in total. The van der Waals surface area contributed by atoms with Crippen molar-refractivity contribution in [3.8, 4) is 23.0 Å². The summed E-state index contributed by atoms with van der Waals surface area (Å²) < 4.78 is 0. The maximum atomic E-state index is 10.1. The van der Waals surface area contributed by atoms with Crippen molar-refractivity contribution in [3.63, 3.8) is 0 Å². The Morgan fingerprint density at radius 3 is 1.50 bits per heavy atom. The van der Waals surface area contributed by atoms with Crippen LogP contribution in [0.5, 0.6) is 23.0 Å². The van der Waals surface area contributed by atoms with E-state index in [2.05, 4.69) is 0 Å². The second kappa shape index (κ2) is 4.96. The van der Waals surface area contributed by atoms with Crippen molar-refractivity contribution in [3.05, 3.63) is 47.5 Å². The molecule has 0 saturated heterocycles. The normalized spacial score (nSPS) is 11.5. The summed E-state index contributed by atoms with van der Waals surface area (Å²) in [7, 11) is 0. The summed E-state index contributed by atoms with van der Waals surface area (Å²) in [5, 5.41) is 38.9. The Morgan fingerprint density at radius 1 is 0.800 bits per heavy atom. The minimum atomic E-state index is -0.629. The van der Waals surface area contributed by atoms with Gasteiger partial charge in [-0.25, -0.2) is 0 Å². The van der Waals surface area contributed by atoms with E-state index in [1.807, 2.05) is 13.8 Å². The van der Waals surface area contributed by atoms with E-state index in [0.717, 1.165) is 0 Å². The van der Waals surface area contributed by atoms with Crippen molar-refractivity contribution < 1.29 is 20.4 Å². The lowest BCUT2D eigenvalue weighted by Gasteiger charge is -2.31. The van der Waals surface area contributed by atoms with Gasteiger partial charge in [0.05, 0.1) is 0 Å². The van der Waals surface area contributed by atoms with E-state index in [4.69, 9.17) is 0 Å². The van der Waals surface area contributed by atoms with Gasteiger partial charge in [-0.3, -0.25) is 0 Å². The van der Waals surface area contributed by atoms with Crippen LogP contribution in [0.4, 0.5) is 0 Å². The summed E-state index contributed by atoms with van der Waals surface area (Å²) >= 11 is 0. The van der Waals surface area contributed by atoms with Crippen LogP contribution in [-0.4, -0.2) is 20.4 Å². The third-order valence-electron chi connectivity index (χ3n) is 3.86. The average molecular weight is 274 g/mol. The standard InChI is InChI=1S/C16H18O4/c1-3-16(2,12-6-4-10(17)8-14(12)19)13-7-5-11(18)9-15(13)20/h4-9,17-20H,3H2,1-2H3. The maximum Gasteiger partial charge on any atom is 0.123 e. The molecule has 0 spiro atoms. The van der Waals surface area contributed by atoms with Crippen LogP contribution >= 0.6 is 0 Å². The molecule has 0 aliphatic carbocycles. The monoisotopic (exact) mass is 274 g/mol. The van der Waals surface area contributed by atoms with Gasteiger partial charge in [-0.2, -0.15) is 0 Å². The SMILES string of the molecule is CCC(C)(c1ccc(O)cc1O)c1ccc(O)cc1O. The quantitative estimate of drug-likeness (QED) is 0.692. The van der Waals surface area contributed by atoms with E-state index in [-0.39, 0.29) is 23.0 Å². The van der Waals surface area contributed by atoms with E-state index in [1.165, 1.54) is 24.3 Å². The second-order valence-corrected chi connectivity index (χ2v) is 5.09. The van der Waals surface area contributed by atoms with Crippen molar-refractivity contribution in [2.75, 3.05) is 0 Å². The molecule has 0 bridgehead atoms. The highest BCUT2D eigenvalue weighted by Crippen LogP contribution is 2.44. The first kappa shape index (κ1) is 14.1. The molecule has 4 heteroatoms. The van der Waals surface area contributed by atoms with E-state index in [1.54, 1.807) is 12.1 Å². The van der Waals surface area contributed by atoms with Crippen LogP contribution in [0.1, 0.15) is 31.4 Å². The molecule has 4 nitrogen and oxygen atoms in total. The van der Waals surface area contributed by atoms with Crippen molar-refractivity contribution >= 4 is 0 Å². The number of rotatable bonds is 3. The molecule has 0 amide bonds. The van der Waals surface area contributed by atoms with Crippen LogP contribution in [-0.2, 0) is 5.41 Å². The number of benzene rings is 2. The zero-order valence-electron chi connectivity index (χ0n) is 11.5. The second-order valence-electron chi connectivity index (χ2n) is 5.09. The molecular formula is C16H18O4. The highest BCUT2D eigenvalue weighted by atomic mass is 16.3. The first-order valence-electron chi connectivity index (χ1n) is 6.43. The average Bonchev–Trinajstić information content (AvgIpc) is 2.37. The molecule has 0 fully saturated rings. The Labute approximate surface area is 117 Å². The van der Waals surface area contributed by atoms with Gasteiger partial charge in [-0.15, -0.1) is 0 Å². The van der Waals surface area contributed by atoms with Crippen LogP contribution in [0, 0.1) is 0 Å². The molecule has 0 saturated carbocycles. The highest BCUT2D eigenvalue weighted by Gasteiger charge is 2.32. The van der Waals surface area contributed by atoms with Gasteiger partial charge < -0.3 is 20.4 Å². The fraction of sp³-hybridized carbons (Fsp3) is 0.250. The minimum Gasteiger partial charge on any atom is -0.508 e. The smallest absolute Gasteiger partial charge is 0.123 e. The van der Waals surface area contributed by atoms with Gasteiger partial charge in [0.1, 0.15) is 23.0 Å². The molecule has 2 rings (SSSR count). The predicted molar refractivity (Wildman–Crippen MR) is 76.3 cm³/mol. The molecule has 0 radical (unpaired) electrons. The molecule has 20 heavy (non-hydrogen) atoms. The molecular weight excluding hydrogens is 256 g/mol. The van der Waals surface area contributed by atoms with Crippen LogP contribution in [0.15, 0.2) is 36.4 Å². The van der Waals surface area contributed by atoms with Crippen LogP contribution in [0.25, 0.3) is 0 Å². The molecule has 0 heterocycles. The number of phenols is 4. The Balaban J connectivity index is 2.63. The van der Waals surface area contributed by atoms with Gasteiger partial charge in [0.15, 0.2) is 0 Å². The lowest BCUT2D eigenvalue weighted by Crippen LogP contribution is -2.22. The summed E-state index contributed by atoms with van der Waals surface area (Å²) in [6.45, 7) is 3.84. The Morgan fingerprint density at radius 2 is 1.20 bits per heavy atom. The summed E-state index contributed by atoms with van der Waals surface area (Å²) in [4.78, 5) is 0. The van der Waals surface area contributed by atoms with Crippen molar-refractivity contribution in [1.82, 2.24) is 0 Å². The van der Waals surface area contributed by atoms with Crippen molar-refractivity contribution in [2.24, 2.45) is 0 Å². The fourth-order valence-electron chi connectivity index (χ4n) is 2.50. The van der Waals surface area contributed by atoms with Gasteiger partial charge in [0, 0.05) is 28.7 Å². The van der Waals surface area contributed by atoms with E-state index < -0.39 is 5.41 Å². The third kappa shape index (κ3) is 2.25. The molecule has 2 aromatic rings. The number of phenolic OH excluding ortho intramolecular Hbond substituents is 4. The van der Waals surface area contributed by atoms with E-state index in [0.29, 0.717) is 17.5 Å². The van der Waals surface area contributed by atoms with Gasteiger partial charge >= 0.3 is 0 Å². The van der Waals surface area contributed by atoms with Crippen LogP contribution in [0.3, 0.4) is 0 Å². The van der Waals surface area contributed by atoms with Gasteiger partial charge in [-0.05, 0) is 18.6 Å². The number of hydrogen-bond donors (Lipinski definition) is 4. The molecule has 0 atom stereocenters. The number of hydrogen-bond acceptors (Lipinski definition) is 4. The Bertz CT molecular complexity index is 583. The molecule has 0 aliphatic rings. The van der Waals surface area contributed by atoms with Crippen LogP contribution in [0.2, 0.25) is 0 Å². The minimum absolute atomic E-state index is 0.0142. The topological polar surface area (TPSA) is 80.9 Å². The summed E-state index contributed by atoms with van der Waals surface area (Å²) in [5.41, 5.74) is 0.591. The van der Waals surface area contributed by atoms with Crippen LogP contribution < -0.4 is 0 Å². The van der Waals surface area contributed by atoms with Gasteiger partial charge in [0.25, 0.3) is 0 Å². The Kier molecular flexibility index (Phi) is 3.49. The zero-order valence-corrected chi connectivity index (χ0v) is 11.5. The molecule has 2 aromatic carbocycles. The Hall–Kier alpha value is -2.36. The maximum absolute atomic E-state index is 10.1. The molecule has 0 aliphatic heterocycles. The lowest BCUT2D eigenvalue weighted by atomic mass is 9.73. The third-order valence-corrected chi connectivity index (χ3v) is 3.86. The largest absolute Gasteiger partial charge is 0.508 e. The van der Waals surface area contributed by atoms with Crippen molar-refractivity contribution in [1.29, 1.82) is 0 Å². The zero-order chi connectivity index (χ0) is 14.9. The van der Waals surface area contributed by atoms with Gasteiger partial charge in [0.2, 0.25) is 0 Å². The first-order chi connectivity index (χ1) is 9.38. The summed E-state index contributed by atoms with van der Waals surface area (Å²) in [6, 6.07) is 8.84. The van der Waals surface area contributed by atoms with Gasteiger partial charge in [-0.1, -0.05) is 26.0 Å². The van der Waals surface area contributed by atoms with E-state index in [9.17, 15) is 20.4 Å². The predicted octanol–water partition coefficient (Wildman–Crippen LogP) is 3.23.